The first-order valence-corrected chi connectivity index (χ1v) is 8.95. The van der Waals surface area contributed by atoms with Gasteiger partial charge in [-0.05, 0) is 44.7 Å². The molecule has 6 heteroatoms. The van der Waals surface area contributed by atoms with Crippen molar-refractivity contribution in [2.45, 2.75) is 33.6 Å². The second-order valence-corrected chi connectivity index (χ2v) is 6.92. The maximum Gasteiger partial charge on any atom is 0.272 e. The summed E-state index contributed by atoms with van der Waals surface area (Å²) in [5, 5.41) is 3.17. The molecular formula is C20H24N4O2. The number of rotatable bonds is 4. The summed E-state index contributed by atoms with van der Waals surface area (Å²) in [6, 6.07) is 8.89. The predicted octanol–water partition coefficient (Wildman–Crippen LogP) is 3.60. The number of nitrogens with one attached hydrogen (secondary N) is 1. The molecule has 0 bridgehead atoms. The van der Waals surface area contributed by atoms with Crippen molar-refractivity contribution in [2.75, 3.05) is 18.4 Å². The molecule has 26 heavy (non-hydrogen) atoms. The van der Waals surface area contributed by atoms with Gasteiger partial charge < -0.3 is 10.2 Å². The fraction of sp³-hybridized carbons (Fsp3) is 0.400. The first-order valence-electron chi connectivity index (χ1n) is 8.95. The van der Waals surface area contributed by atoms with E-state index in [0.717, 1.165) is 31.6 Å². The third-order valence-electron chi connectivity index (χ3n) is 4.67. The number of nitrogens with zero attached hydrogens (tertiary/aromatic N) is 3. The highest BCUT2D eigenvalue weighted by Crippen LogP contribution is 2.20. The molecule has 6 nitrogen and oxygen atoms in total. The lowest BCUT2D eigenvalue weighted by molar-refractivity contribution is 0.0690. The summed E-state index contributed by atoms with van der Waals surface area (Å²) in [5.74, 6) is 1.70. The zero-order chi connectivity index (χ0) is 18.7. The highest BCUT2D eigenvalue weighted by Gasteiger charge is 2.23. The van der Waals surface area contributed by atoms with Gasteiger partial charge in [-0.2, -0.15) is 0 Å². The molecule has 0 saturated carbocycles. The van der Waals surface area contributed by atoms with Gasteiger partial charge in [0.05, 0.1) is 0 Å². The second kappa shape index (κ2) is 7.64. The van der Waals surface area contributed by atoms with Crippen LogP contribution in [0, 0.1) is 12.8 Å². The molecule has 3 rings (SSSR count). The molecule has 0 aliphatic carbocycles. The first-order chi connectivity index (χ1) is 12.4. The number of hydrogen-bond acceptors (Lipinski definition) is 5. The van der Waals surface area contributed by atoms with E-state index in [4.69, 9.17) is 0 Å². The van der Waals surface area contributed by atoms with Crippen molar-refractivity contribution in [3.05, 3.63) is 47.4 Å². The third kappa shape index (κ3) is 4.25. The van der Waals surface area contributed by atoms with Crippen LogP contribution >= 0.6 is 0 Å². The van der Waals surface area contributed by atoms with Crippen molar-refractivity contribution < 1.29 is 9.59 Å². The first kappa shape index (κ1) is 18.0. The number of piperidine rings is 1. The number of anilines is 2. The summed E-state index contributed by atoms with van der Waals surface area (Å²) in [4.78, 5) is 34.9. The number of carbonyl (C=O) groups excluding carboxylic acids is 2. The van der Waals surface area contributed by atoms with E-state index in [0.29, 0.717) is 28.8 Å². The number of benzene rings is 1. The molecule has 1 N–H and O–H groups in total. The van der Waals surface area contributed by atoms with Gasteiger partial charge in [-0.15, -0.1) is 0 Å². The van der Waals surface area contributed by atoms with Crippen molar-refractivity contribution in [1.82, 2.24) is 14.9 Å². The fourth-order valence-electron chi connectivity index (χ4n) is 3.08. The Kier molecular flexibility index (Phi) is 5.30. The number of aryl methyl sites for hydroxylation is 1. The Morgan fingerprint density at radius 1 is 1.15 bits per heavy atom. The summed E-state index contributed by atoms with van der Waals surface area (Å²) < 4.78 is 0. The Morgan fingerprint density at radius 3 is 2.58 bits per heavy atom. The Hall–Kier alpha value is -2.76. The number of amides is 1. The largest absolute Gasteiger partial charge is 0.340 e. The predicted molar refractivity (Wildman–Crippen MR) is 101 cm³/mol. The Morgan fingerprint density at radius 2 is 1.88 bits per heavy atom. The number of Topliss-reactive ketones (excluding diaryl/α,β-unsaturated/α-hetero) is 1. The number of aromatic nitrogens is 2. The van der Waals surface area contributed by atoms with Gasteiger partial charge >= 0.3 is 0 Å². The number of likely N-dealkylation sites (tertiary alicyclic amines) is 1. The third-order valence-corrected chi connectivity index (χ3v) is 4.67. The van der Waals surface area contributed by atoms with Gasteiger partial charge in [0, 0.05) is 30.4 Å². The van der Waals surface area contributed by atoms with Crippen LogP contribution in [0.2, 0.25) is 0 Å². The van der Waals surface area contributed by atoms with Crippen molar-refractivity contribution in [1.29, 1.82) is 0 Å². The molecule has 1 amide bonds. The van der Waals surface area contributed by atoms with Crippen LogP contribution in [0.5, 0.6) is 0 Å². The highest BCUT2D eigenvalue weighted by molar-refractivity contribution is 5.95. The van der Waals surface area contributed by atoms with Crippen LogP contribution in [0.1, 0.15) is 53.4 Å². The van der Waals surface area contributed by atoms with E-state index in [1.54, 1.807) is 25.1 Å². The van der Waals surface area contributed by atoms with Crippen molar-refractivity contribution in [3.63, 3.8) is 0 Å². The van der Waals surface area contributed by atoms with E-state index in [-0.39, 0.29) is 11.7 Å². The molecule has 1 aromatic heterocycles. The summed E-state index contributed by atoms with van der Waals surface area (Å²) in [6.45, 7) is 7.06. The molecule has 2 heterocycles. The van der Waals surface area contributed by atoms with Gasteiger partial charge in [0.25, 0.3) is 5.91 Å². The quantitative estimate of drug-likeness (QED) is 0.851. The average molecular weight is 352 g/mol. The molecule has 0 unspecified atom stereocenters. The highest BCUT2D eigenvalue weighted by atomic mass is 16.2. The van der Waals surface area contributed by atoms with E-state index in [1.165, 1.54) is 6.92 Å². The maximum atomic E-state index is 12.8. The zero-order valence-corrected chi connectivity index (χ0v) is 15.5. The molecule has 1 saturated heterocycles. The van der Waals surface area contributed by atoms with Crippen molar-refractivity contribution in [2.24, 2.45) is 5.92 Å². The minimum atomic E-state index is -0.0528. The van der Waals surface area contributed by atoms with Crippen LogP contribution in [0.3, 0.4) is 0 Å². The fourth-order valence-corrected chi connectivity index (χ4v) is 3.08. The van der Waals surface area contributed by atoms with Crippen LogP contribution in [0.25, 0.3) is 0 Å². The van der Waals surface area contributed by atoms with Gasteiger partial charge in [0.15, 0.2) is 5.78 Å². The Bertz CT molecular complexity index is 826. The number of ketones is 1. The lowest BCUT2D eigenvalue weighted by Gasteiger charge is -2.30. The van der Waals surface area contributed by atoms with Gasteiger partial charge in [0.1, 0.15) is 17.3 Å². The lowest BCUT2D eigenvalue weighted by atomic mass is 9.99. The summed E-state index contributed by atoms with van der Waals surface area (Å²) in [7, 11) is 0. The molecule has 136 valence electrons. The lowest BCUT2D eigenvalue weighted by Crippen LogP contribution is -2.38. The standard InChI is InChI=1S/C20H24N4O2/c1-13-7-9-24(10-8-13)20(26)18-12-19(22-15(3)21-18)23-17-6-4-5-16(11-17)14(2)25/h4-6,11-13H,7-10H2,1-3H3,(H,21,22,23). The van der Waals surface area contributed by atoms with Crippen molar-refractivity contribution >= 4 is 23.2 Å². The van der Waals surface area contributed by atoms with Crippen LogP contribution < -0.4 is 5.32 Å². The van der Waals surface area contributed by atoms with E-state index >= 15 is 0 Å². The van der Waals surface area contributed by atoms with Crippen LogP contribution in [0.4, 0.5) is 11.5 Å². The molecular weight excluding hydrogens is 328 g/mol. The average Bonchev–Trinajstić information content (AvgIpc) is 2.61. The van der Waals surface area contributed by atoms with E-state index < -0.39 is 0 Å². The monoisotopic (exact) mass is 352 g/mol. The van der Waals surface area contributed by atoms with E-state index in [1.807, 2.05) is 17.0 Å². The molecule has 2 aromatic rings. The molecule has 0 spiro atoms. The molecule has 1 aliphatic rings. The van der Waals surface area contributed by atoms with Crippen LogP contribution in [-0.2, 0) is 0 Å². The topological polar surface area (TPSA) is 75.2 Å². The van der Waals surface area contributed by atoms with Gasteiger partial charge in [-0.1, -0.05) is 19.1 Å². The molecule has 1 aliphatic heterocycles. The van der Waals surface area contributed by atoms with E-state index in [9.17, 15) is 9.59 Å². The molecule has 1 aromatic carbocycles. The Balaban J connectivity index is 1.80. The zero-order valence-electron chi connectivity index (χ0n) is 15.5. The van der Waals surface area contributed by atoms with Crippen LogP contribution in [-0.4, -0.2) is 39.6 Å². The smallest absolute Gasteiger partial charge is 0.272 e. The SMILES string of the molecule is CC(=O)c1cccc(Nc2cc(C(=O)N3CCC(C)CC3)nc(C)n2)c1. The molecule has 1 fully saturated rings. The molecule has 0 atom stereocenters. The summed E-state index contributed by atoms with van der Waals surface area (Å²) in [5.41, 5.74) is 1.78. The normalized spacial score (nSPS) is 15.0. The van der Waals surface area contributed by atoms with Gasteiger partial charge in [-0.25, -0.2) is 9.97 Å². The summed E-state index contributed by atoms with van der Waals surface area (Å²) in [6.07, 6.45) is 2.05. The second-order valence-electron chi connectivity index (χ2n) is 6.92. The van der Waals surface area contributed by atoms with Gasteiger partial charge in [0.2, 0.25) is 0 Å². The van der Waals surface area contributed by atoms with E-state index in [2.05, 4.69) is 22.2 Å². The number of hydrogen-bond donors (Lipinski definition) is 1. The Labute approximate surface area is 153 Å². The minimum absolute atomic E-state index is 0.00251. The number of carbonyl (C=O) groups is 2. The minimum Gasteiger partial charge on any atom is -0.340 e. The summed E-state index contributed by atoms with van der Waals surface area (Å²) >= 11 is 0. The van der Waals surface area contributed by atoms with Gasteiger partial charge in [-0.3, -0.25) is 9.59 Å². The van der Waals surface area contributed by atoms with Crippen molar-refractivity contribution in [3.8, 4) is 0 Å². The van der Waals surface area contributed by atoms with Crippen LogP contribution in [0.15, 0.2) is 30.3 Å². The molecule has 0 radical (unpaired) electrons. The maximum absolute atomic E-state index is 12.8.